The van der Waals surface area contributed by atoms with E-state index in [1.54, 1.807) is 6.20 Å². The minimum atomic E-state index is 0.719. The fourth-order valence-corrected chi connectivity index (χ4v) is 1.48. The van der Waals surface area contributed by atoms with Gasteiger partial charge >= 0.3 is 0 Å². The Hall–Kier alpha value is -0.980. The summed E-state index contributed by atoms with van der Waals surface area (Å²) in [4.78, 5) is 0. The van der Waals surface area contributed by atoms with E-state index in [0.29, 0.717) is 0 Å². The summed E-state index contributed by atoms with van der Waals surface area (Å²) in [5.74, 6) is 0.719. The van der Waals surface area contributed by atoms with Crippen molar-refractivity contribution in [3.05, 3.63) is 36.1 Å². The number of nitrogens with two attached hydrogens (primary N) is 1. The molecule has 0 aliphatic rings. The lowest BCUT2D eigenvalue weighted by Crippen LogP contribution is -1.97. The van der Waals surface area contributed by atoms with Crippen LogP contribution in [0, 0.1) is 5.92 Å². The Morgan fingerprint density at radius 2 is 2.07 bits per heavy atom. The van der Waals surface area contributed by atoms with Crippen LogP contribution in [-0.2, 0) is 0 Å². The first-order valence-corrected chi connectivity index (χ1v) is 5.91. The van der Waals surface area contributed by atoms with Crippen molar-refractivity contribution in [2.75, 3.05) is 0 Å². The van der Waals surface area contributed by atoms with Gasteiger partial charge in [0.15, 0.2) is 0 Å². The zero-order chi connectivity index (χ0) is 11.7. The topological polar surface area (TPSA) is 26.0 Å². The average molecular weight is 207 g/mol. The molecule has 1 unspecified atom stereocenters. The Labute approximate surface area is 94.8 Å². The third-order valence-corrected chi connectivity index (χ3v) is 2.68. The van der Waals surface area contributed by atoms with E-state index < -0.39 is 0 Å². The van der Waals surface area contributed by atoms with Crippen molar-refractivity contribution in [2.45, 2.75) is 46.5 Å². The third-order valence-electron chi connectivity index (χ3n) is 2.68. The van der Waals surface area contributed by atoms with Gasteiger partial charge in [-0.05, 0) is 36.6 Å². The third kappa shape index (κ3) is 6.16. The van der Waals surface area contributed by atoms with Crippen LogP contribution in [0.3, 0.4) is 0 Å². The average Bonchev–Trinajstić information content (AvgIpc) is 2.24. The Morgan fingerprint density at radius 3 is 2.53 bits per heavy atom. The number of hydrogen-bond acceptors (Lipinski definition) is 1. The first-order chi connectivity index (χ1) is 7.15. The Balaban J connectivity index is 4.50. The van der Waals surface area contributed by atoms with Crippen LogP contribution in [0.25, 0.3) is 0 Å². The van der Waals surface area contributed by atoms with Crippen LogP contribution in [-0.4, -0.2) is 0 Å². The fraction of sp³-hybridized carbons (Fsp3) is 0.571. The summed E-state index contributed by atoms with van der Waals surface area (Å²) in [6.45, 7) is 10.8. The Kier molecular flexibility index (Phi) is 7.79. The second kappa shape index (κ2) is 8.34. The van der Waals surface area contributed by atoms with E-state index in [1.807, 2.05) is 6.08 Å². The second-order valence-electron chi connectivity index (χ2n) is 4.15. The van der Waals surface area contributed by atoms with Crippen LogP contribution >= 0.6 is 0 Å². The van der Waals surface area contributed by atoms with Crippen LogP contribution < -0.4 is 5.73 Å². The quantitative estimate of drug-likeness (QED) is 0.623. The van der Waals surface area contributed by atoms with Gasteiger partial charge in [-0.15, -0.1) is 0 Å². The molecule has 1 nitrogen and oxygen atoms in total. The molecule has 0 saturated carbocycles. The molecular formula is C14H25N. The van der Waals surface area contributed by atoms with Crippen molar-refractivity contribution in [3.8, 4) is 0 Å². The molecule has 1 heteroatoms. The highest BCUT2D eigenvalue weighted by Crippen LogP contribution is 2.23. The lowest BCUT2D eigenvalue weighted by Gasteiger charge is -2.14. The molecular weight excluding hydrogens is 182 g/mol. The van der Waals surface area contributed by atoms with E-state index in [-0.39, 0.29) is 0 Å². The SMILES string of the molecule is C=C(CCC)/C(=C/C=C\N)CC(C)CC. The first kappa shape index (κ1) is 14.0. The smallest absolute Gasteiger partial charge is 0.00623 e. The van der Waals surface area contributed by atoms with E-state index in [2.05, 4.69) is 33.4 Å². The molecule has 1 atom stereocenters. The molecule has 0 bridgehead atoms. The van der Waals surface area contributed by atoms with Gasteiger partial charge in [-0.1, -0.05) is 51.8 Å². The van der Waals surface area contributed by atoms with E-state index in [9.17, 15) is 0 Å². The van der Waals surface area contributed by atoms with Crippen LogP contribution in [0.1, 0.15) is 46.5 Å². The van der Waals surface area contributed by atoms with Crippen molar-refractivity contribution in [2.24, 2.45) is 11.7 Å². The van der Waals surface area contributed by atoms with Crippen molar-refractivity contribution in [1.82, 2.24) is 0 Å². The predicted octanol–water partition coefficient (Wildman–Crippen LogP) is 4.18. The van der Waals surface area contributed by atoms with Crippen molar-refractivity contribution >= 4 is 0 Å². The monoisotopic (exact) mass is 207 g/mol. The number of hydrogen-bond donors (Lipinski definition) is 1. The molecule has 0 saturated heterocycles. The molecule has 86 valence electrons. The van der Waals surface area contributed by atoms with Crippen molar-refractivity contribution in [3.63, 3.8) is 0 Å². The van der Waals surface area contributed by atoms with Crippen LogP contribution in [0.2, 0.25) is 0 Å². The largest absolute Gasteiger partial charge is 0.405 e. The summed E-state index contributed by atoms with van der Waals surface area (Å²) in [5.41, 5.74) is 7.97. The van der Waals surface area contributed by atoms with E-state index >= 15 is 0 Å². The molecule has 0 aliphatic carbocycles. The van der Waals surface area contributed by atoms with Crippen LogP contribution in [0.5, 0.6) is 0 Å². The molecule has 15 heavy (non-hydrogen) atoms. The highest BCUT2D eigenvalue weighted by molar-refractivity contribution is 5.31. The van der Waals surface area contributed by atoms with E-state index in [1.165, 1.54) is 17.6 Å². The predicted molar refractivity (Wildman–Crippen MR) is 69.5 cm³/mol. The lowest BCUT2D eigenvalue weighted by molar-refractivity contribution is 0.557. The summed E-state index contributed by atoms with van der Waals surface area (Å²) in [7, 11) is 0. The molecule has 0 spiro atoms. The molecule has 0 rings (SSSR count). The standard InChI is InChI=1S/C14H25N/c1-5-8-13(4)14(9-7-10-15)11-12(3)6-2/h7,9-10,12H,4-6,8,11,15H2,1-3H3/b10-7-,14-9+. The zero-order valence-corrected chi connectivity index (χ0v) is 10.4. The highest BCUT2D eigenvalue weighted by atomic mass is 14.5. The summed E-state index contributed by atoms with van der Waals surface area (Å²) in [6.07, 6.45) is 10.1. The molecule has 0 aromatic rings. The van der Waals surface area contributed by atoms with Gasteiger partial charge < -0.3 is 5.73 Å². The molecule has 0 fully saturated rings. The van der Waals surface area contributed by atoms with Gasteiger partial charge in [0.2, 0.25) is 0 Å². The number of allylic oxidation sites excluding steroid dienone is 4. The van der Waals surface area contributed by atoms with Gasteiger partial charge in [0, 0.05) is 0 Å². The zero-order valence-electron chi connectivity index (χ0n) is 10.4. The summed E-state index contributed by atoms with van der Waals surface area (Å²) in [5, 5.41) is 0. The van der Waals surface area contributed by atoms with E-state index in [0.717, 1.165) is 25.2 Å². The van der Waals surface area contributed by atoms with Gasteiger partial charge in [-0.25, -0.2) is 0 Å². The number of rotatable bonds is 7. The fourth-order valence-electron chi connectivity index (χ4n) is 1.48. The maximum Gasteiger partial charge on any atom is -0.00623 e. The molecule has 0 aromatic carbocycles. The molecule has 0 aromatic heterocycles. The van der Waals surface area contributed by atoms with Gasteiger partial charge in [0.05, 0.1) is 0 Å². The molecule has 0 amide bonds. The van der Waals surface area contributed by atoms with Crippen LogP contribution in [0.4, 0.5) is 0 Å². The first-order valence-electron chi connectivity index (χ1n) is 5.91. The minimum absolute atomic E-state index is 0.719. The van der Waals surface area contributed by atoms with Gasteiger partial charge in [0.25, 0.3) is 0 Å². The lowest BCUT2D eigenvalue weighted by atomic mass is 9.92. The second-order valence-corrected chi connectivity index (χ2v) is 4.15. The highest BCUT2D eigenvalue weighted by Gasteiger charge is 2.06. The van der Waals surface area contributed by atoms with Gasteiger partial charge in [0.1, 0.15) is 0 Å². The van der Waals surface area contributed by atoms with Crippen LogP contribution in [0.15, 0.2) is 36.1 Å². The summed E-state index contributed by atoms with van der Waals surface area (Å²) in [6, 6.07) is 0. The Bertz CT molecular complexity index is 236. The molecule has 0 radical (unpaired) electrons. The van der Waals surface area contributed by atoms with Crippen molar-refractivity contribution in [1.29, 1.82) is 0 Å². The summed E-state index contributed by atoms with van der Waals surface area (Å²) >= 11 is 0. The maximum atomic E-state index is 5.36. The van der Waals surface area contributed by atoms with Gasteiger partial charge in [-0.2, -0.15) is 0 Å². The Morgan fingerprint density at radius 1 is 1.40 bits per heavy atom. The van der Waals surface area contributed by atoms with Gasteiger partial charge in [-0.3, -0.25) is 0 Å². The minimum Gasteiger partial charge on any atom is -0.405 e. The van der Waals surface area contributed by atoms with Crippen molar-refractivity contribution < 1.29 is 0 Å². The maximum absolute atomic E-state index is 5.36. The summed E-state index contributed by atoms with van der Waals surface area (Å²) < 4.78 is 0. The molecule has 0 heterocycles. The molecule has 2 N–H and O–H groups in total. The normalized spacial score (nSPS) is 14.5. The molecule has 0 aliphatic heterocycles. The van der Waals surface area contributed by atoms with E-state index in [4.69, 9.17) is 5.73 Å².